The predicted octanol–water partition coefficient (Wildman–Crippen LogP) is 3.38. The number of pyridine rings is 1. The van der Waals surface area contributed by atoms with Gasteiger partial charge in [0.2, 0.25) is 0 Å². The van der Waals surface area contributed by atoms with Crippen LogP contribution in [0.4, 0.5) is 10.5 Å². The first-order valence-corrected chi connectivity index (χ1v) is 9.44. The van der Waals surface area contributed by atoms with Crippen LogP contribution >= 0.6 is 0 Å². The molecule has 27 heavy (non-hydrogen) atoms. The second-order valence-corrected chi connectivity index (χ2v) is 6.93. The highest BCUT2D eigenvalue weighted by Gasteiger charge is 2.21. The van der Waals surface area contributed by atoms with Crippen molar-refractivity contribution in [1.82, 2.24) is 15.2 Å². The van der Waals surface area contributed by atoms with Crippen molar-refractivity contribution < 1.29 is 9.53 Å². The molecule has 0 aliphatic carbocycles. The SMILES string of the molecule is COc1ccc([C@@H](C)NC(=O)N2CCCN(c3ccnc(C)c3)CC2)cc1. The molecule has 6 heteroatoms. The number of nitrogens with zero attached hydrogens (tertiary/aromatic N) is 3. The average Bonchev–Trinajstić information content (AvgIpc) is 2.94. The van der Waals surface area contributed by atoms with Gasteiger partial charge in [-0.25, -0.2) is 4.79 Å². The van der Waals surface area contributed by atoms with Crippen molar-refractivity contribution in [3.63, 3.8) is 0 Å². The zero-order chi connectivity index (χ0) is 19.2. The van der Waals surface area contributed by atoms with Crippen molar-refractivity contribution in [2.45, 2.75) is 26.3 Å². The highest BCUT2D eigenvalue weighted by molar-refractivity contribution is 5.75. The Bertz CT molecular complexity index is 763. The Morgan fingerprint density at radius 3 is 2.63 bits per heavy atom. The van der Waals surface area contributed by atoms with Crippen LogP contribution < -0.4 is 15.0 Å². The highest BCUT2D eigenvalue weighted by Crippen LogP contribution is 2.19. The number of ether oxygens (including phenoxy) is 1. The van der Waals surface area contributed by atoms with Gasteiger partial charge in [-0.1, -0.05) is 12.1 Å². The van der Waals surface area contributed by atoms with Crippen LogP contribution in [0.5, 0.6) is 5.75 Å². The number of hydrogen-bond donors (Lipinski definition) is 1. The van der Waals surface area contributed by atoms with Crippen LogP contribution in [0.2, 0.25) is 0 Å². The molecule has 2 heterocycles. The largest absolute Gasteiger partial charge is 0.497 e. The molecule has 1 saturated heterocycles. The van der Waals surface area contributed by atoms with Gasteiger partial charge >= 0.3 is 6.03 Å². The Labute approximate surface area is 161 Å². The number of anilines is 1. The van der Waals surface area contributed by atoms with Gasteiger partial charge in [-0.15, -0.1) is 0 Å². The van der Waals surface area contributed by atoms with E-state index in [1.54, 1.807) is 7.11 Å². The van der Waals surface area contributed by atoms with E-state index in [4.69, 9.17) is 4.74 Å². The molecular weight excluding hydrogens is 340 g/mol. The normalized spacial score (nSPS) is 15.8. The van der Waals surface area contributed by atoms with Crippen molar-refractivity contribution in [2.24, 2.45) is 0 Å². The summed E-state index contributed by atoms with van der Waals surface area (Å²) in [7, 11) is 1.65. The lowest BCUT2D eigenvalue weighted by atomic mass is 10.1. The summed E-state index contributed by atoms with van der Waals surface area (Å²) in [4.78, 5) is 21.2. The number of aromatic nitrogens is 1. The number of benzene rings is 1. The van der Waals surface area contributed by atoms with Gasteiger partial charge in [0.1, 0.15) is 5.75 Å². The Kier molecular flexibility index (Phi) is 6.16. The lowest BCUT2D eigenvalue weighted by Crippen LogP contribution is -2.43. The number of methoxy groups -OCH3 is 1. The third-order valence-electron chi connectivity index (χ3n) is 4.98. The number of amides is 2. The molecule has 0 unspecified atom stereocenters. The van der Waals surface area contributed by atoms with E-state index in [0.29, 0.717) is 6.54 Å². The van der Waals surface area contributed by atoms with Crippen LogP contribution in [0.1, 0.15) is 30.6 Å². The van der Waals surface area contributed by atoms with Crippen LogP contribution in [0.3, 0.4) is 0 Å². The Balaban J connectivity index is 1.57. The zero-order valence-corrected chi connectivity index (χ0v) is 16.3. The van der Waals surface area contributed by atoms with Crippen LogP contribution in [-0.2, 0) is 0 Å². The molecule has 1 fully saturated rings. The molecule has 2 amide bonds. The number of aryl methyl sites for hydroxylation is 1. The fourth-order valence-electron chi connectivity index (χ4n) is 3.36. The number of nitrogens with one attached hydrogen (secondary N) is 1. The standard InChI is InChI=1S/C21H28N4O2/c1-16-15-19(9-10-22-16)24-11-4-12-25(14-13-24)21(26)23-17(2)18-5-7-20(27-3)8-6-18/h5-10,15,17H,4,11-14H2,1-3H3,(H,23,26)/t17-/m1/s1. The van der Waals surface area contributed by atoms with Gasteiger partial charge < -0.3 is 19.9 Å². The summed E-state index contributed by atoms with van der Waals surface area (Å²) in [5, 5.41) is 3.11. The second-order valence-electron chi connectivity index (χ2n) is 6.93. The molecule has 0 spiro atoms. The topological polar surface area (TPSA) is 57.7 Å². The number of carbonyl (C=O) groups is 1. The van der Waals surface area contributed by atoms with E-state index in [1.165, 1.54) is 5.69 Å². The van der Waals surface area contributed by atoms with E-state index in [9.17, 15) is 4.79 Å². The van der Waals surface area contributed by atoms with Crippen molar-refractivity contribution in [3.8, 4) is 5.75 Å². The number of urea groups is 1. The van der Waals surface area contributed by atoms with Crippen LogP contribution in [-0.4, -0.2) is 49.2 Å². The van der Waals surface area contributed by atoms with E-state index < -0.39 is 0 Å². The third-order valence-corrected chi connectivity index (χ3v) is 4.98. The molecule has 2 aromatic rings. The summed E-state index contributed by atoms with van der Waals surface area (Å²) in [6.45, 7) is 7.25. The molecule has 1 aromatic heterocycles. The van der Waals surface area contributed by atoms with Gasteiger partial charge in [0, 0.05) is 43.8 Å². The molecule has 6 nitrogen and oxygen atoms in total. The van der Waals surface area contributed by atoms with Crippen LogP contribution in [0, 0.1) is 6.92 Å². The molecular formula is C21H28N4O2. The Hall–Kier alpha value is -2.76. The summed E-state index contributed by atoms with van der Waals surface area (Å²) < 4.78 is 5.19. The quantitative estimate of drug-likeness (QED) is 0.899. The maximum atomic E-state index is 12.7. The average molecular weight is 368 g/mol. The maximum Gasteiger partial charge on any atom is 0.317 e. The minimum atomic E-state index is -0.0504. The summed E-state index contributed by atoms with van der Waals surface area (Å²) in [5.41, 5.74) is 3.25. The first-order chi connectivity index (χ1) is 13.1. The lowest BCUT2D eigenvalue weighted by Gasteiger charge is -2.25. The molecule has 1 aliphatic heterocycles. The fourth-order valence-corrected chi connectivity index (χ4v) is 3.36. The van der Waals surface area contributed by atoms with E-state index in [2.05, 4.69) is 21.3 Å². The molecule has 1 atom stereocenters. The molecule has 0 bridgehead atoms. The number of carbonyl (C=O) groups excluding carboxylic acids is 1. The molecule has 1 N–H and O–H groups in total. The van der Waals surface area contributed by atoms with Gasteiger partial charge in [0.05, 0.1) is 13.2 Å². The van der Waals surface area contributed by atoms with Gasteiger partial charge in [-0.05, 0) is 50.1 Å². The van der Waals surface area contributed by atoms with E-state index in [1.807, 2.05) is 55.3 Å². The molecule has 1 aliphatic rings. The lowest BCUT2D eigenvalue weighted by molar-refractivity contribution is 0.198. The first-order valence-electron chi connectivity index (χ1n) is 9.44. The van der Waals surface area contributed by atoms with Crippen molar-refractivity contribution in [1.29, 1.82) is 0 Å². The molecule has 0 saturated carbocycles. The minimum Gasteiger partial charge on any atom is -0.497 e. The summed E-state index contributed by atoms with van der Waals surface area (Å²) in [6, 6.07) is 11.9. The van der Waals surface area contributed by atoms with Crippen molar-refractivity contribution >= 4 is 11.7 Å². The second kappa shape index (κ2) is 8.75. The Morgan fingerprint density at radius 2 is 1.93 bits per heavy atom. The monoisotopic (exact) mass is 368 g/mol. The first kappa shape index (κ1) is 19.0. The van der Waals surface area contributed by atoms with Gasteiger partial charge in [0.15, 0.2) is 0 Å². The molecule has 0 radical (unpaired) electrons. The minimum absolute atomic E-state index is 0.00826. The molecule has 3 rings (SSSR count). The highest BCUT2D eigenvalue weighted by atomic mass is 16.5. The van der Waals surface area contributed by atoms with E-state index in [0.717, 1.165) is 43.1 Å². The van der Waals surface area contributed by atoms with Gasteiger partial charge in [-0.3, -0.25) is 4.98 Å². The van der Waals surface area contributed by atoms with Crippen molar-refractivity contribution in [3.05, 3.63) is 53.9 Å². The predicted molar refractivity (Wildman–Crippen MR) is 107 cm³/mol. The Morgan fingerprint density at radius 1 is 1.15 bits per heavy atom. The number of hydrogen-bond acceptors (Lipinski definition) is 4. The molecule has 144 valence electrons. The fraction of sp³-hybridized carbons (Fsp3) is 0.429. The maximum absolute atomic E-state index is 12.7. The van der Waals surface area contributed by atoms with Gasteiger partial charge in [-0.2, -0.15) is 0 Å². The number of rotatable bonds is 4. The smallest absolute Gasteiger partial charge is 0.317 e. The van der Waals surface area contributed by atoms with Crippen LogP contribution in [0.25, 0.3) is 0 Å². The third kappa shape index (κ3) is 4.90. The van der Waals surface area contributed by atoms with Crippen LogP contribution in [0.15, 0.2) is 42.6 Å². The van der Waals surface area contributed by atoms with Gasteiger partial charge in [0.25, 0.3) is 0 Å². The summed E-state index contributed by atoms with van der Waals surface area (Å²) in [5.74, 6) is 0.816. The van der Waals surface area contributed by atoms with E-state index in [-0.39, 0.29) is 12.1 Å². The van der Waals surface area contributed by atoms with Crippen molar-refractivity contribution in [2.75, 3.05) is 38.2 Å². The molecule has 1 aromatic carbocycles. The zero-order valence-electron chi connectivity index (χ0n) is 16.3. The summed E-state index contributed by atoms with van der Waals surface area (Å²) >= 11 is 0. The van der Waals surface area contributed by atoms with E-state index >= 15 is 0 Å². The summed E-state index contributed by atoms with van der Waals surface area (Å²) in [6.07, 6.45) is 2.79.